The van der Waals surface area contributed by atoms with E-state index in [-0.39, 0.29) is 5.69 Å². The van der Waals surface area contributed by atoms with Crippen molar-refractivity contribution in [3.8, 4) is 0 Å². The minimum Gasteiger partial charge on any atom is -0.378 e. The van der Waals surface area contributed by atoms with Gasteiger partial charge < -0.3 is 5.11 Å². The van der Waals surface area contributed by atoms with Crippen molar-refractivity contribution in [2.75, 3.05) is 0 Å². The van der Waals surface area contributed by atoms with E-state index in [4.69, 9.17) is 5.11 Å². The van der Waals surface area contributed by atoms with Gasteiger partial charge in [0.1, 0.15) is 0 Å². The number of hydrogen-bond acceptors (Lipinski definition) is 2. The van der Waals surface area contributed by atoms with Gasteiger partial charge >= 0.3 is 6.18 Å². The van der Waals surface area contributed by atoms with Gasteiger partial charge in [-0.05, 0) is 19.1 Å². The summed E-state index contributed by atoms with van der Waals surface area (Å²) >= 11 is 0. The van der Waals surface area contributed by atoms with Crippen LogP contribution in [0.15, 0.2) is 18.2 Å². The zero-order valence-corrected chi connectivity index (χ0v) is 6.84. The van der Waals surface area contributed by atoms with Gasteiger partial charge in [0.2, 0.25) is 0 Å². The second-order valence-corrected chi connectivity index (χ2v) is 2.65. The Morgan fingerprint density at radius 1 is 1.38 bits per heavy atom. The fourth-order valence-electron chi connectivity index (χ4n) is 0.884. The van der Waals surface area contributed by atoms with Gasteiger partial charge in [-0.1, -0.05) is 6.07 Å². The van der Waals surface area contributed by atoms with Crippen LogP contribution in [0.5, 0.6) is 0 Å². The molecule has 5 heteroatoms. The van der Waals surface area contributed by atoms with Crippen LogP contribution in [-0.4, -0.2) is 16.3 Å². The van der Waals surface area contributed by atoms with Crippen molar-refractivity contribution in [3.63, 3.8) is 0 Å². The molecule has 1 heterocycles. The highest BCUT2D eigenvalue weighted by Crippen LogP contribution is 2.31. The molecule has 1 rings (SSSR count). The largest absolute Gasteiger partial charge is 0.420 e. The van der Waals surface area contributed by atoms with E-state index >= 15 is 0 Å². The SMILES string of the molecule is Cc1cccc([C@@H](O)C(F)(F)F)n1. The molecule has 0 fully saturated rings. The molecule has 0 aliphatic rings. The minimum absolute atomic E-state index is 0.368. The van der Waals surface area contributed by atoms with E-state index in [0.29, 0.717) is 5.69 Å². The zero-order chi connectivity index (χ0) is 10.1. The molecule has 1 aromatic rings. The maximum atomic E-state index is 12.0. The fraction of sp³-hybridized carbons (Fsp3) is 0.375. The lowest BCUT2D eigenvalue weighted by Gasteiger charge is -2.13. The van der Waals surface area contributed by atoms with E-state index < -0.39 is 12.3 Å². The Balaban J connectivity index is 2.96. The maximum Gasteiger partial charge on any atom is 0.420 e. The predicted octanol–water partition coefficient (Wildman–Crippen LogP) is 1.99. The van der Waals surface area contributed by atoms with E-state index in [1.807, 2.05) is 0 Å². The van der Waals surface area contributed by atoms with Gasteiger partial charge in [0.05, 0.1) is 5.69 Å². The molecule has 0 saturated heterocycles. The number of pyridine rings is 1. The van der Waals surface area contributed by atoms with Crippen LogP contribution in [0.1, 0.15) is 17.5 Å². The summed E-state index contributed by atoms with van der Waals surface area (Å²) < 4.78 is 35.9. The van der Waals surface area contributed by atoms with E-state index in [1.54, 1.807) is 13.0 Å². The summed E-state index contributed by atoms with van der Waals surface area (Å²) in [6.07, 6.45) is -7.15. The van der Waals surface area contributed by atoms with Crippen molar-refractivity contribution >= 4 is 0 Å². The Kier molecular flexibility index (Phi) is 2.56. The number of aryl methyl sites for hydroxylation is 1. The molecule has 0 saturated carbocycles. The van der Waals surface area contributed by atoms with Crippen LogP contribution in [0.4, 0.5) is 13.2 Å². The molecule has 1 atom stereocenters. The summed E-state index contributed by atoms with van der Waals surface area (Å²) in [5.74, 6) is 0. The van der Waals surface area contributed by atoms with Crippen LogP contribution >= 0.6 is 0 Å². The number of halogens is 3. The number of nitrogens with zero attached hydrogens (tertiary/aromatic N) is 1. The molecular weight excluding hydrogens is 183 g/mol. The summed E-state index contributed by atoms with van der Waals surface area (Å²) in [5, 5.41) is 8.79. The number of aliphatic hydroxyl groups is 1. The van der Waals surface area contributed by atoms with Gasteiger partial charge in [0, 0.05) is 5.69 Å². The quantitative estimate of drug-likeness (QED) is 0.736. The van der Waals surface area contributed by atoms with Crippen LogP contribution in [0.3, 0.4) is 0 Å². The Bertz CT molecular complexity index is 298. The van der Waals surface area contributed by atoms with Crippen LogP contribution in [0.25, 0.3) is 0 Å². The number of rotatable bonds is 1. The molecule has 13 heavy (non-hydrogen) atoms. The normalized spacial score (nSPS) is 14.2. The first-order chi connectivity index (χ1) is 5.91. The molecule has 0 aliphatic carbocycles. The van der Waals surface area contributed by atoms with Crippen molar-refractivity contribution in [3.05, 3.63) is 29.6 Å². The summed E-state index contributed by atoms with van der Waals surface area (Å²) in [7, 11) is 0. The van der Waals surface area contributed by atoms with Crippen molar-refractivity contribution in [1.82, 2.24) is 4.98 Å². The van der Waals surface area contributed by atoms with E-state index in [2.05, 4.69) is 4.98 Å². The molecule has 1 aromatic heterocycles. The number of alkyl halides is 3. The third kappa shape index (κ3) is 2.42. The van der Waals surface area contributed by atoms with Crippen molar-refractivity contribution in [1.29, 1.82) is 0 Å². The lowest BCUT2D eigenvalue weighted by molar-refractivity contribution is -0.208. The van der Waals surface area contributed by atoms with Gasteiger partial charge in [-0.25, -0.2) is 0 Å². The van der Waals surface area contributed by atoms with Gasteiger partial charge in [0.15, 0.2) is 6.10 Å². The van der Waals surface area contributed by atoms with E-state index in [9.17, 15) is 13.2 Å². The monoisotopic (exact) mass is 191 g/mol. The lowest BCUT2D eigenvalue weighted by Crippen LogP contribution is -2.21. The second-order valence-electron chi connectivity index (χ2n) is 2.65. The van der Waals surface area contributed by atoms with Crippen molar-refractivity contribution in [2.45, 2.75) is 19.2 Å². The maximum absolute atomic E-state index is 12.0. The Morgan fingerprint density at radius 2 is 2.00 bits per heavy atom. The fourth-order valence-corrected chi connectivity index (χ4v) is 0.884. The number of aliphatic hydroxyl groups excluding tert-OH is 1. The third-order valence-corrected chi connectivity index (χ3v) is 1.50. The standard InChI is InChI=1S/C8H8F3NO/c1-5-3-2-4-6(12-5)7(13)8(9,10)11/h2-4,7,13H,1H3/t7-/m1/s1. The van der Waals surface area contributed by atoms with Gasteiger partial charge in [-0.2, -0.15) is 13.2 Å². The first-order valence-corrected chi connectivity index (χ1v) is 3.59. The average Bonchev–Trinajstić information content (AvgIpc) is 2.01. The highest BCUT2D eigenvalue weighted by atomic mass is 19.4. The molecule has 0 spiro atoms. The molecule has 0 bridgehead atoms. The first kappa shape index (κ1) is 9.98. The van der Waals surface area contributed by atoms with Crippen LogP contribution in [-0.2, 0) is 0 Å². The van der Waals surface area contributed by atoms with Gasteiger partial charge in [0.25, 0.3) is 0 Å². The van der Waals surface area contributed by atoms with Crippen molar-refractivity contribution in [2.24, 2.45) is 0 Å². The summed E-state index contributed by atoms with van der Waals surface area (Å²) in [6.45, 7) is 1.56. The van der Waals surface area contributed by atoms with E-state index in [1.165, 1.54) is 6.07 Å². The smallest absolute Gasteiger partial charge is 0.378 e. The number of hydrogen-bond donors (Lipinski definition) is 1. The average molecular weight is 191 g/mol. The molecule has 0 radical (unpaired) electrons. The molecule has 0 amide bonds. The minimum atomic E-state index is -4.65. The summed E-state index contributed by atoms with van der Waals surface area (Å²) in [4.78, 5) is 3.57. The highest BCUT2D eigenvalue weighted by molar-refractivity contribution is 5.13. The lowest BCUT2D eigenvalue weighted by atomic mass is 10.2. The molecular formula is C8H8F3NO. The van der Waals surface area contributed by atoms with Crippen LogP contribution in [0.2, 0.25) is 0 Å². The topological polar surface area (TPSA) is 33.1 Å². The summed E-state index contributed by atoms with van der Waals surface area (Å²) in [5.41, 5.74) is 0.0771. The summed E-state index contributed by atoms with van der Waals surface area (Å²) in [6, 6.07) is 4.13. The molecule has 72 valence electrons. The zero-order valence-electron chi connectivity index (χ0n) is 6.84. The van der Waals surface area contributed by atoms with Crippen LogP contribution in [0, 0.1) is 6.92 Å². The van der Waals surface area contributed by atoms with Gasteiger partial charge in [-0.3, -0.25) is 4.98 Å². The molecule has 0 aliphatic heterocycles. The number of aromatic nitrogens is 1. The van der Waals surface area contributed by atoms with E-state index in [0.717, 1.165) is 6.07 Å². The molecule has 2 nitrogen and oxygen atoms in total. The van der Waals surface area contributed by atoms with Crippen molar-refractivity contribution < 1.29 is 18.3 Å². The third-order valence-electron chi connectivity index (χ3n) is 1.50. The van der Waals surface area contributed by atoms with Crippen LogP contribution < -0.4 is 0 Å². The Morgan fingerprint density at radius 3 is 2.46 bits per heavy atom. The highest BCUT2D eigenvalue weighted by Gasteiger charge is 2.40. The van der Waals surface area contributed by atoms with Gasteiger partial charge in [-0.15, -0.1) is 0 Å². The molecule has 1 N–H and O–H groups in total. The Labute approximate surface area is 73.0 Å². The second kappa shape index (κ2) is 3.33. The molecule has 0 unspecified atom stereocenters. The molecule has 0 aromatic carbocycles. The predicted molar refractivity (Wildman–Crippen MR) is 40.0 cm³/mol. The Hall–Kier alpha value is -1.10. The first-order valence-electron chi connectivity index (χ1n) is 3.59.